The van der Waals surface area contributed by atoms with E-state index in [1.807, 2.05) is 49.4 Å². The number of para-hydroxylation sites is 1. The molecule has 0 atom stereocenters. The highest BCUT2D eigenvalue weighted by molar-refractivity contribution is 8.04. The van der Waals surface area contributed by atoms with E-state index >= 15 is 0 Å². The molecule has 3 nitrogen and oxygen atoms in total. The summed E-state index contributed by atoms with van der Waals surface area (Å²) in [7, 11) is 0. The van der Waals surface area contributed by atoms with Gasteiger partial charge in [0, 0.05) is 15.5 Å². The van der Waals surface area contributed by atoms with Gasteiger partial charge in [0.25, 0.3) is 11.8 Å². The third kappa shape index (κ3) is 3.71. The Morgan fingerprint density at radius 2 is 1.52 bits per heavy atom. The number of amides is 2. The normalized spacial score (nSPS) is 14.1. The minimum absolute atomic E-state index is 0.286. The quantitative estimate of drug-likeness (QED) is 0.442. The van der Waals surface area contributed by atoms with E-state index in [-0.39, 0.29) is 11.5 Å². The second-order valence-electron chi connectivity index (χ2n) is 6.48. The molecule has 0 radical (unpaired) electrons. The molecule has 4 rings (SSSR count). The molecule has 2 amide bonds. The number of carbonyl (C=O) groups is 2. The van der Waals surface area contributed by atoms with Crippen molar-refractivity contribution in [1.29, 1.82) is 0 Å². The summed E-state index contributed by atoms with van der Waals surface area (Å²) in [6, 6.07) is 21.7. The predicted octanol–water partition coefficient (Wildman–Crippen LogP) is 6.38. The maximum absolute atomic E-state index is 13.4. The Labute approximate surface area is 182 Å². The highest BCUT2D eigenvalue weighted by Crippen LogP contribution is 2.43. The molecule has 0 fully saturated rings. The molecular formula is C23H15Cl2NO2S. The molecule has 0 unspecified atom stereocenters. The first-order valence-electron chi connectivity index (χ1n) is 8.84. The Hall–Kier alpha value is -2.53. The van der Waals surface area contributed by atoms with Crippen molar-refractivity contribution in [2.24, 2.45) is 0 Å². The second kappa shape index (κ2) is 8.07. The zero-order valence-electron chi connectivity index (χ0n) is 15.4. The lowest BCUT2D eigenvalue weighted by molar-refractivity contribution is -0.119. The van der Waals surface area contributed by atoms with Crippen LogP contribution in [0.4, 0.5) is 5.69 Å². The van der Waals surface area contributed by atoms with E-state index in [1.54, 1.807) is 30.3 Å². The first-order chi connectivity index (χ1) is 14.0. The van der Waals surface area contributed by atoms with Crippen molar-refractivity contribution >= 4 is 58.0 Å². The van der Waals surface area contributed by atoms with Crippen LogP contribution >= 0.6 is 35.0 Å². The molecule has 0 saturated carbocycles. The van der Waals surface area contributed by atoms with Crippen molar-refractivity contribution in [1.82, 2.24) is 0 Å². The van der Waals surface area contributed by atoms with Gasteiger partial charge in [-0.15, -0.1) is 0 Å². The molecule has 3 aromatic rings. The van der Waals surface area contributed by atoms with Crippen molar-refractivity contribution in [3.63, 3.8) is 0 Å². The Morgan fingerprint density at radius 3 is 2.21 bits per heavy atom. The number of imide groups is 1. The van der Waals surface area contributed by atoms with Crippen molar-refractivity contribution in [2.75, 3.05) is 4.90 Å². The van der Waals surface area contributed by atoms with E-state index in [9.17, 15) is 9.59 Å². The number of anilines is 1. The Morgan fingerprint density at radius 1 is 0.828 bits per heavy atom. The van der Waals surface area contributed by atoms with Gasteiger partial charge in [0.2, 0.25) is 0 Å². The Balaban J connectivity index is 1.88. The van der Waals surface area contributed by atoms with Crippen molar-refractivity contribution in [2.45, 2.75) is 11.8 Å². The summed E-state index contributed by atoms with van der Waals surface area (Å²) >= 11 is 13.7. The van der Waals surface area contributed by atoms with Gasteiger partial charge in [-0.25, -0.2) is 4.90 Å². The molecule has 29 heavy (non-hydrogen) atoms. The zero-order valence-corrected chi connectivity index (χ0v) is 17.7. The number of carbonyl (C=O) groups excluding carboxylic acids is 2. The number of benzene rings is 3. The van der Waals surface area contributed by atoms with Crippen molar-refractivity contribution in [3.8, 4) is 0 Å². The van der Waals surface area contributed by atoms with Crippen LogP contribution in [0.2, 0.25) is 10.0 Å². The summed E-state index contributed by atoms with van der Waals surface area (Å²) in [4.78, 5) is 29.3. The predicted molar refractivity (Wildman–Crippen MR) is 119 cm³/mol. The van der Waals surface area contributed by atoms with Gasteiger partial charge in [-0.3, -0.25) is 9.59 Å². The van der Waals surface area contributed by atoms with Crippen LogP contribution in [0, 0.1) is 6.92 Å². The maximum Gasteiger partial charge on any atom is 0.272 e. The molecular weight excluding hydrogens is 425 g/mol. The van der Waals surface area contributed by atoms with Crippen LogP contribution in [-0.4, -0.2) is 11.8 Å². The molecule has 0 N–H and O–H groups in total. The van der Waals surface area contributed by atoms with Crippen LogP contribution in [0.5, 0.6) is 0 Å². The first-order valence-corrected chi connectivity index (χ1v) is 10.4. The molecule has 1 heterocycles. The van der Waals surface area contributed by atoms with Gasteiger partial charge in [0.1, 0.15) is 0 Å². The highest BCUT2D eigenvalue weighted by Gasteiger charge is 2.41. The van der Waals surface area contributed by atoms with Crippen molar-refractivity contribution in [3.05, 3.63) is 98.9 Å². The fourth-order valence-corrected chi connectivity index (χ4v) is 4.68. The minimum atomic E-state index is -0.396. The van der Waals surface area contributed by atoms with Crippen LogP contribution in [0.15, 0.2) is 82.6 Å². The zero-order chi connectivity index (χ0) is 20.5. The first kappa shape index (κ1) is 19.8. The summed E-state index contributed by atoms with van der Waals surface area (Å²) in [5.74, 6) is -0.758. The minimum Gasteiger partial charge on any atom is -0.268 e. The number of nitrogens with zero attached hydrogens (tertiary/aromatic N) is 1. The average Bonchev–Trinajstić information content (AvgIpc) is 2.93. The van der Waals surface area contributed by atoms with Gasteiger partial charge in [0.15, 0.2) is 0 Å². The monoisotopic (exact) mass is 439 g/mol. The number of thioether (sulfide) groups is 1. The van der Waals surface area contributed by atoms with Crippen molar-refractivity contribution < 1.29 is 9.59 Å². The molecule has 6 heteroatoms. The summed E-state index contributed by atoms with van der Waals surface area (Å²) in [6.07, 6.45) is 0. The third-order valence-corrected chi connectivity index (χ3v) is 6.20. The molecule has 3 aromatic carbocycles. The Kier molecular flexibility index (Phi) is 5.50. The van der Waals surface area contributed by atoms with E-state index in [0.29, 0.717) is 26.2 Å². The van der Waals surface area contributed by atoms with Crippen LogP contribution in [0.25, 0.3) is 5.57 Å². The van der Waals surface area contributed by atoms with Crippen LogP contribution in [0.1, 0.15) is 11.1 Å². The fourth-order valence-electron chi connectivity index (χ4n) is 3.17. The number of hydrogen-bond donors (Lipinski definition) is 0. The molecule has 0 spiro atoms. The standard InChI is InChI=1S/C23H15Cl2NO2S/c1-14-7-5-6-10-19(14)26-22(27)20(17-12-11-15(24)13-18(17)25)21(23(26)28)29-16-8-3-2-4-9-16/h2-13H,1H3. The molecule has 1 aliphatic heterocycles. The molecule has 0 aromatic heterocycles. The second-order valence-corrected chi connectivity index (χ2v) is 8.40. The number of aryl methyl sites for hydroxylation is 1. The van der Waals surface area contributed by atoms with Gasteiger partial charge in [0.05, 0.1) is 21.2 Å². The van der Waals surface area contributed by atoms with Gasteiger partial charge in [-0.2, -0.15) is 0 Å². The van der Waals surface area contributed by atoms with E-state index < -0.39 is 5.91 Å². The van der Waals surface area contributed by atoms with Crippen LogP contribution in [0.3, 0.4) is 0 Å². The maximum atomic E-state index is 13.4. The van der Waals surface area contributed by atoms with E-state index in [4.69, 9.17) is 23.2 Å². The van der Waals surface area contributed by atoms with E-state index in [1.165, 1.54) is 16.7 Å². The number of halogens is 2. The molecule has 0 saturated heterocycles. The summed E-state index contributed by atoms with van der Waals surface area (Å²) < 4.78 is 0. The molecule has 0 aliphatic carbocycles. The third-order valence-electron chi connectivity index (χ3n) is 4.56. The van der Waals surface area contributed by atoms with Gasteiger partial charge < -0.3 is 0 Å². The summed E-state index contributed by atoms with van der Waals surface area (Å²) in [6.45, 7) is 1.87. The summed E-state index contributed by atoms with van der Waals surface area (Å²) in [5, 5.41) is 0.788. The van der Waals surface area contributed by atoms with Gasteiger partial charge in [-0.1, -0.05) is 77.4 Å². The average molecular weight is 440 g/mol. The SMILES string of the molecule is Cc1ccccc1N1C(=O)C(Sc2ccccc2)=C(c2ccc(Cl)cc2Cl)C1=O. The topological polar surface area (TPSA) is 37.4 Å². The fraction of sp³-hybridized carbons (Fsp3) is 0.0435. The molecule has 0 bridgehead atoms. The lowest BCUT2D eigenvalue weighted by Gasteiger charge is -2.17. The highest BCUT2D eigenvalue weighted by atomic mass is 35.5. The number of rotatable bonds is 4. The summed E-state index contributed by atoms with van der Waals surface area (Å²) in [5.41, 5.74) is 2.17. The number of hydrogen-bond acceptors (Lipinski definition) is 3. The van der Waals surface area contributed by atoms with E-state index in [2.05, 4.69) is 0 Å². The van der Waals surface area contributed by atoms with Gasteiger partial charge in [-0.05, 0) is 42.8 Å². The molecule has 144 valence electrons. The lowest BCUT2D eigenvalue weighted by atomic mass is 10.1. The van der Waals surface area contributed by atoms with Crippen LogP contribution < -0.4 is 4.90 Å². The smallest absolute Gasteiger partial charge is 0.268 e. The van der Waals surface area contributed by atoms with Gasteiger partial charge >= 0.3 is 0 Å². The Bertz CT molecular complexity index is 1160. The lowest BCUT2D eigenvalue weighted by Crippen LogP contribution is -2.31. The van der Waals surface area contributed by atoms with E-state index in [0.717, 1.165) is 10.5 Å². The van der Waals surface area contributed by atoms with Crippen LogP contribution in [-0.2, 0) is 9.59 Å². The largest absolute Gasteiger partial charge is 0.272 e. The molecule has 1 aliphatic rings.